The molecule has 16 nitrogen and oxygen atoms in total. The minimum atomic E-state index is -1.79. The second-order valence-corrected chi connectivity index (χ2v) is 23.3. The van der Waals surface area contributed by atoms with Gasteiger partial charge in [0.25, 0.3) is 0 Å². The Morgan fingerprint density at radius 2 is 1.25 bits per heavy atom. The van der Waals surface area contributed by atoms with E-state index in [0.717, 1.165) is 32.1 Å². The number of fused-ring (bicyclic) bond motifs is 4. The number of aliphatic hydroxyl groups excluding tert-OH is 9. The zero-order chi connectivity index (χ0) is 46.4. The van der Waals surface area contributed by atoms with Gasteiger partial charge < -0.3 is 79.1 Å². The summed E-state index contributed by atoms with van der Waals surface area (Å²) in [6.07, 6.45) is -11.9. The average molecular weight is 911 g/mol. The zero-order valence-corrected chi connectivity index (χ0v) is 39.1. The Hall–Kier alpha value is -0.900. The van der Waals surface area contributed by atoms with Crippen molar-refractivity contribution in [3.8, 4) is 0 Å². The highest BCUT2D eigenvalue weighted by atomic mass is 16.8. The van der Waals surface area contributed by atoms with Crippen LogP contribution in [0.15, 0.2) is 12.2 Å². The highest BCUT2D eigenvalue weighted by Gasteiger charge is 2.79. The average Bonchev–Trinajstić information content (AvgIpc) is 3.55. The van der Waals surface area contributed by atoms with E-state index < -0.39 is 122 Å². The lowest BCUT2D eigenvalue weighted by Crippen LogP contribution is -2.73. The Bertz CT molecular complexity index is 1750. The van der Waals surface area contributed by atoms with Gasteiger partial charge in [-0.1, -0.05) is 60.6 Å². The fourth-order valence-electron chi connectivity index (χ4n) is 16.0. The molecule has 0 unspecified atom stereocenters. The highest BCUT2D eigenvalue weighted by Crippen LogP contribution is 2.79. The third-order valence-corrected chi connectivity index (χ3v) is 20.2. The number of ether oxygens (including phenoxy) is 7. The molecule has 16 heteroatoms. The summed E-state index contributed by atoms with van der Waals surface area (Å²) in [6.45, 7) is 19.5. The van der Waals surface area contributed by atoms with Gasteiger partial charge in [-0.25, -0.2) is 0 Å². The smallest absolute Gasteiger partial charge is 0.187 e. The maximum atomic E-state index is 12.3. The van der Waals surface area contributed by atoms with Crippen LogP contribution in [-0.2, 0) is 33.2 Å². The van der Waals surface area contributed by atoms with Gasteiger partial charge in [-0.15, -0.1) is 0 Å². The molecule has 4 saturated heterocycles. The predicted octanol–water partition coefficient (Wildman–Crippen LogP) is 1.51. The molecule has 4 saturated carbocycles. The molecule has 4 heterocycles. The van der Waals surface area contributed by atoms with Crippen LogP contribution < -0.4 is 0 Å². The molecule has 366 valence electrons. The lowest BCUT2D eigenvalue weighted by atomic mass is 9.31. The molecule has 0 aromatic rings. The Kier molecular flexibility index (Phi) is 12.3. The number of hydrogen-bond donors (Lipinski definition) is 9. The fraction of sp³-hybridized carbons (Fsp3) is 0.958. The summed E-state index contributed by atoms with van der Waals surface area (Å²) in [6, 6.07) is 0. The van der Waals surface area contributed by atoms with E-state index in [0.29, 0.717) is 31.3 Å². The molecule has 0 amide bonds. The molecule has 8 fully saturated rings. The second-order valence-electron chi connectivity index (χ2n) is 23.3. The molecular formula is C48H78O16. The van der Waals surface area contributed by atoms with Gasteiger partial charge >= 0.3 is 0 Å². The Morgan fingerprint density at radius 3 is 1.92 bits per heavy atom. The van der Waals surface area contributed by atoms with E-state index >= 15 is 0 Å². The Morgan fingerprint density at radius 1 is 0.641 bits per heavy atom. The summed E-state index contributed by atoms with van der Waals surface area (Å²) in [5.74, 6) is 1.63. The second kappa shape index (κ2) is 16.3. The fourth-order valence-corrected chi connectivity index (χ4v) is 16.0. The van der Waals surface area contributed by atoms with Gasteiger partial charge in [0.05, 0.1) is 43.2 Å². The van der Waals surface area contributed by atoms with Crippen molar-refractivity contribution in [3.05, 3.63) is 12.2 Å². The van der Waals surface area contributed by atoms with Crippen molar-refractivity contribution in [2.75, 3.05) is 13.2 Å². The molecule has 4 aliphatic heterocycles. The summed E-state index contributed by atoms with van der Waals surface area (Å²) in [5.41, 5.74) is -1.68. The largest absolute Gasteiger partial charge is 0.394 e. The van der Waals surface area contributed by atoms with Gasteiger partial charge in [0, 0.05) is 16.7 Å². The summed E-state index contributed by atoms with van der Waals surface area (Å²) in [5, 5.41) is 98.9. The Labute approximate surface area is 377 Å². The van der Waals surface area contributed by atoms with Crippen molar-refractivity contribution < 1.29 is 79.1 Å². The normalized spacial score (nSPS) is 60.2. The van der Waals surface area contributed by atoms with Crippen molar-refractivity contribution in [3.63, 3.8) is 0 Å². The summed E-state index contributed by atoms with van der Waals surface area (Å²) < 4.78 is 44.3. The zero-order valence-electron chi connectivity index (χ0n) is 39.1. The minimum Gasteiger partial charge on any atom is -0.394 e. The molecule has 2 bridgehead atoms. The van der Waals surface area contributed by atoms with E-state index in [1.165, 1.54) is 6.92 Å². The van der Waals surface area contributed by atoms with E-state index in [9.17, 15) is 46.0 Å². The van der Waals surface area contributed by atoms with Crippen LogP contribution in [0, 0.1) is 56.7 Å². The number of aliphatic hydroxyl groups is 9. The van der Waals surface area contributed by atoms with Gasteiger partial charge in [0.15, 0.2) is 18.9 Å². The van der Waals surface area contributed by atoms with E-state index in [4.69, 9.17) is 33.2 Å². The first-order valence-electron chi connectivity index (χ1n) is 24.3. The first-order valence-corrected chi connectivity index (χ1v) is 24.3. The lowest BCUT2D eigenvalue weighted by molar-refractivity contribution is -0.396. The molecule has 0 radical (unpaired) electrons. The van der Waals surface area contributed by atoms with E-state index in [-0.39, 0.29) is 39.4 Å². The topological polar surface area (TPSA) is 247 Å². The summed E-state index contributed by atoms with van der Waals surface area (Å²) in [4.78, 5) is 0. The van der Waals surface area contributed by atoms with Crippen molar-refractivity contribution in [2.24, 2.45) is 56.7 Å². The summed E-state index contributed by atoms with van der Waals surface area (Å²) >= 11 is 0. The molecule has 64 heavy (non-hydrogen) atoms. The van der Waals surface area contributed by atoms with E-state index in [1.54, 1.807) is 6.92 Å². The Balaban J connectivity index is 0.979. The van der Waals surface area contributed by atoms with Crippen LogP contribution >= 0.6 is 0 Å². The molecule has 0 aromatic heterocycles. The SMILES string of the molecule is C[C@H]1[C@H](C)CC[C@]23CO[C@]4(C=C[C@@H]5[C@@]6(C)CC[C@H](O[C@@H]7O[C@H](C)[C@H](O)[C@H](O)[C@H]7O[C@@H]7O[C@H](CO)[C@@H](O)[C@H](O)[C@H]7O[C@@H]7O[C@@H](C)[C@@H](O)[C@H](O)[C@H]7O)C(C)(C)[C@@H]6CC[C@@]5(C)[C@]4(C)C[C@H]2O)[C@H]13. The van der Waals surface area contributed by atoms with Crippen LogP contribution in [0.2, 0.25) is 0 Å². The monoisotopic (exact) mass is 911 g/mol. The number of allylic oxidation sites excluding steroid dienone is 1. The van der Waals surface area contributed by atoms with Gasteiger partial charge in [-0.05, 0) is 98.7 Å². The maximum absolute atomic E-state index is 12.3. The van der Waals surface area contributed by atoms with Crippen LogP contribution in [0.25, 0.3) is 0 Å². The van der Waals surface area contributed by atoms with Crippen LogP contribution in [-0.4, -0.2) is 169 Å². The first-order chi connectivity index (χ1) is 29.9. The van der Waals surface area contributed by atoms with Crippen molar-refractivity contribution in [1.82, 2.24) is 0 Å². The van der Waals surface area contributed by atoms with Crippen LogP contribution in [0.1, 0.15) is 107 Å². The molecule has 5 aliphatic carbocycles. The quantitative estimate of drug-likeness (QED) is 0.130. The van der Waals surface area contributed by atoms with Gasteiger partial charge in [-0.2, -0.15) is 0 Å². The van der Waals surface area contributed by atoms with Gasteiger partial charge in [-0.3, -0.25) is 0 Å². The van der Waals surface area contributed by atoms with E-state index in [2.05, 4.69) is 60.6 Å². The van der Waals surface area contributed by atoms with Crippen molar-refractivity contribution in [2.45, 2.75) is 217 Å². The third-order valence-electron chi connectivity index (χ3n) is 20.2. The van der Waals surface area contributed by atoms with Crippen LogP contribution in [0.3, 0.4) is 0 Å². The van der Waals surface area contributed by atoms with Gasteiger partial charge in [0.2, 0.25) is 0 Å². The molecule has 27 atom stereocenters. The molecule has 9 N–H and O–H groups in total. The lowest BCUT2D eigenvalue weighted by Gasteiger charge is -2.73. The summed E-state index contributed by atoms with van der Waals surface area (Å²) in [7, 11) is 0. The van der Waals surface area contributed by atoms with Crippen LogP contribution in [0.5, 0.6) is 0 Å². The van der Waals surface area contributed by atoms with Gasteiger partial charge in [0.1, 0.15) is 61.0 Å². The number of rotatable bonds is 7. The van der Waals surface area contributed by atoms with E-state index in [1.807, 2.05) is 0 Å². The molecular weight excluding hydrogens is 833 g/mol. The van der Waals surface area contributed by atoms with Crippen molar-refractivity contribution >= 4 is 0 Å². The minimum absolute atomic E-state index is 0.142. The maximum Gasteiger partial charge on any atom is 0.187 e. The highest BCUT2D eigenvalue weighted by molar-refractivity contribution is 5.36. The molecule has 9 aliphatic rings. The molecule has 9 rings (SSSR count). The van der Waals surface area contributed by atoms with Crippen LogP contribution in [0.4, 0.5) is 0 Å². The van der Waals surface area contributed by atoms with Crippen molar-refractivity contribution in [1.29, 1.82) is 0 Å². The first kappa shape index (κ1) is 48.1. The standard InChI is InChI=1S/C48H78O16/c1-21-10-16-47-20-58-48(39(47)22(21)2)17-12-27-44(7)14-13-29(43(5,6)26(44)11-15-45(27,8)46(48,9)18-28(47)50)62-41-37(34(55)31(52)24(4)60-41)64-42-38(35(56)32(53)25(19-49)61-42)63-40-36(57)33(54)30(51)23(3)59-40/h12,17,21-42,49-57H,10-11,13-16,18-20H2,1-9H3/t21-,22+,23+,24-,25-,26+,27-,28-,29+,30-,31+,32-,33+,34+,35+,36-,37-,38-,39-,40+,41+,42+,44+,45-,46+,47+,48-/m1/s1. The molecule has 1 spiro atoms. The number of hydrogen-bond acceptors (Lipinski definition) is 16. The third kappa shape index (κ3) is 6.58. The predicted molar refractivity (Wildman–Crippen MR) is 227 cm³/mol. The molecule has 0 aromatic carbocycles.